The largest absolute Gasteiger partial charge is 0.272 e. The molecule has 0 N–H and O–H groups in total. The molecule has 4 nitrogen and oxygen atoms in total. The Morgan fingerprint density at radius 1 is 1.37 bits per heavy atom. The summed E-state index contributed by atoms with van der Waals surface area (Å²) >= 11 is 0. The van der Waals surface area contributed by atoms with Crippen molar-refractivity contribution < 1.29 is 4.79 Å². The minimum atomic E-state index is -0.452. The van der Waals surface area contributed by atoms with Gasteiger partial charge in [0, 0.05) is 18.1 Å². The van der Waals surface area contributed by atoms with Gasteiger partial charge >= 0.3 is 0 Å². The summed E-state index contributed by atoms with van der Waals surface area (Å²) in [5.74, 6) is 0.00982. The highest BCUT2D eigenvalue weighted by atomic mass is 16.2. The molecule has 1 amide bonds. The average molecular weight is 255 g/mol. The lowest BCUT2D eigenvalue weighted by molar-refractivity contribution is -0.141. The van der Waals surface area contributed by atoms with Crippen LogP contribution in [0.5, 0.6) is 0 Å². The molecule has 19 heavy (non-hydrogen) atoms. The molecule has 0 radical (unpaired) electrons. The number of amides is 1. The Morgan fingerprint density at radius 3 is 2.53 bits per heavy atom. The minimum absolute atomic E-state index is 0.00982. The summed E-state index contributed by atoms with van der Waals surface area (Å²) in [6.07, 6.45) is 2.49. The average Bonchev–Trinajstić information content (AvgIpc) is 2.85. The molecular weight excluding hydrogens is 238 g/mol. The summed E-state index contributed by atoms with van der Waals surface area (Å²) in [5.41, 5.74) is 1.18. The molecule has 1 heterocycles. The highest BCUT2D eigenvalue weighted by molar-refractivity contribution is 5.84. The number of hydrazone groups is 1. The summed E-state index contributed by atoms with van der Waals surface area (Å²) in [4.78, 5) is 12.3. The second kappa shape index (κ2) is 4.85. The van der Waals surface area contributed by atoms with Gasteiger partial charge in [-0.25, -0.2) is 5.01 Å². The van der Waals surface area contributed by atoms with E-state index in [0.717, 1.165) is 5.56 Å². The Balaban J connectivity index is 2.25. The minimum Gasteiger partial charge on any atom is -0.272 e. The maximum Gasteiger partial charge on any atom is 0.248 e. The Labute approximate surface area is 113 Å². The number of carbonyl (C=O) groups is 1. The lowest BCUT2D eigenvalue weighted by atomic mass is 9.93. The Morgan fingerprint density at radius 2 is 2.00 bits per heavy atom. The first-order valence-corrected chi connectivity index (χ1v) is 6.29. The third kappa shape index (κ3) is 2.65. The van der Waals surface area contributed by atoms with Crippen LogP contribution in [-0.4, -0.2) is 17.1 Å². The van der Waals surface area contributed by atoms with Crippen LogP contribution >= 0.6 is 0 Å². The molecule has 98 valence electrons. The van der Waals surface area contributed by atoms with E-state index in [9.17, 15) is 4.79 Å². The van der Waals surface area contributed by atoms with Crippen molar-refractivity contribution in [1.29, 1.82) is 5.26 Å². The van der Waals surface area contributed by atoms with Crippen molar-refractivity contribution in [1.82, 2.24) is 5.01 Å². The second-order valence-corrected chi connectivity index (χ2v) is 5.68. The number of nitriles is 1. The van der Waals surface area contributed by atoms with Gasteiger partial charge in [-0.3, -0.25) is 4.79 Å². The van der Waals surface area contributed by atoms with Gasteiger partial charge in [0.15, 0.2) is 0 Å². The van der Waals surface area contributed by atoms with Gasteiger partial charge in [-0.1, -0.05) is 32.9 Å². The molecular formula is C15H17N3O. The van der Waals surface area contributed by atoms with Gasteiger partial charge in [0.2, 0.25) is 5.91 Å². The number of carbonyl (C=O) groups excluding carboxylic acids is 1. The monoisotopic (exact) mass is 255 g/mol. The molecule has 0 saturated carbocycles. The molecule has 0 aliphatic carbocycles. The highest BCUT2D eigenvalue weighted by Gasteiger charge is 2.34. The predicted octanol–water partition coefficient (Wildman–Crippen LogP) is 2.86. The van der Waals surface area contributed by atoms with Crippen LogP contribution in [0.25, 0.3) is 0 Å². The first-order valence-electron chi connectivity index (χ1n) is 6.29. The third-order valence-electron chi connectivity index (χ3n) is 3.10. The van der Waals surface area contributed by atoms with E-state index in [1.807, 2.05) is 32.9 Å². The molecule has 1 aliphatic rings. The van der Waals surface area contributed by atoms with Gasteiger partial charge in [-0.2, -0.15) is 10.4 Å². The van der Waals surface area contributed by atoms with E-state index in [0.29, 0.717) is 12.0 Å². The van der Waals surface area contributed by atoms with Crippen molar-refractivity contribution in [3.63, 3.8) is 0 Å². The first kappa shape index (κ1) is 13.3. The number of rotatable bonds is 1. The maximum absolute atomic E-state index is 12.3. The predicted molar refractivity (Wildman–Crippen MR) is 73.3 cm³/mol. The molecule has 0 bridgehead atoms. The summed E-state index contributed by atoms with van der Waals surface area (Å²) in [5, 5.41) is 14.6. The van der Waals surface area contributed by atoms with Crippen molar-refractivity contribution in [2.75, 3.05) is 0 Å². The number of nitrogens with zero attached hydrogens (tertiary/aromatic N) is 3. The molecule has 1 aliphatic heterocycles. The fourth-order valence-corrected chi connectivity index (χ4v) is 2.01. The van der Waals surface area contributed by atoms with E-state index in [1.54, 1.807) is 23.4 Å². The zero-order valence-electron chi connectivity index (χ0n) is 11.4. The molecule has 1 aromatic rings. The fourth-order valence-electron chi connectivity index (χ4n) is 2.01. The molecule has 0 fully saturated rings. The number of hydrogen-bond acceptors (Lipinski definition) is 3. The lowest BCUT2D eigenvalue weighted by Gasteiger charge is -2.28. The maximum atomic E-state index is 12.3. The SMILES string of the molecule is CC(C)(C)C(=O)N1N=CC[C@H]1c1ccc(C#N)cc1. The molecule has 1 atom stereocenters. The second-order valence-electron chi connectivity index (χ2n) is 5.68. The molecule has 4 heteroatoms. The third-order valence-corrected chi connectivity index (χ3v) is 3.10. The van der Waals surface area contributed by atoms with Crippen LogP contribution in [0.3, 0.4) is 0 Å². The lowest BCUT2D eigenvalue weighted by Crippen LogP contribution is -2.36. The zero-order valence-corrected chi connectivity index (χ0v) is 11.4. The molecule has 0 aromatic heterocycles. The summed E-state index contributed by atoms with van der Waals surface area (Å²) in [7, 11) is 0. The van der Waals surface area contributed by atoms with E-state index in [1.165, 1.54) is 0 Å². The van der Waals surface area contributed by atoms with E-state index >= 15 is 0 Å². The van der Waals surface area contributed by atoms with Gasteiger partial charge in [0.05, 0.1) is 17.7 Å². The topological polar surface area (TPSA) is 56.5 Å². The van der Waals surface area contributed by atoms with Crippen LogP contribution in [0.1, 0.15) is 44.4 Å². The molecule has 0 spiro atoms. The molecule has 2 rings (SSSR count). The van der Waals surface area contributed by atoms with Gasteiger partial charge in [-0.15, -0.1) is 0 Å². The van der Waals surface area contributed by atoms with Gasteiger partial charge < -0.3 is 0 Å². The quantitative estimate of drug-likeness (QED) is 0.774. The summed E-state index contributed by atoms with van der Waals surface area (Å²) in [6.45, 7) is 5.66. The van der Waals surface area contributed by atoms with E-state index in [-0.39, 0.29) is 11.9 Å². The van der Waals surface area contributed by atoms with E-state index in [4.69, 9.17) is 5.26 Å². The molecule has 0 unspecified atom stereocenters. The van der Waals surface area contributed by atoms with Crippen molar-refractivity contribution >= 4 is 12.1 Å². The van der Waals surface area contributed by atoms with Gasteiger partial charge in [0.25, 0.3) is 0 Å². The van der Waals surface area contributed by atoms with Crippen molar-refractivity contribution in [2.45, 2.75) is 33.2 Å². The van der Waals surface area contributed by atoms with E-state index < -0.39 is 5.41 Å². The summed E-state index contributed by atoms with van der Waals surface area (Å²) < 4.78 is 0. The van der Waals surface area contributed by atoms with Crippen molar-refractivity contribution in [3.8, 4) is 6.07 Å². The first-order chi connectivity index (χ1) is 8.93. The normalized spacial score (nSPS) is 18.4. The Bertz CT molecular complexity index is 546. The highest BCUT2D eigenvalue weighted by Crippen LogP contribution is 2.32. The molecule has 0 saturated heterocycles. The van der Waals surface area contributed by atoms with Crippen LogP contribution in [0, 0.1) is 16.7 Å². The Hall–Kier alpha value is -2.15. The molecule has 1 aromatic carbocycles. The van der Waals surface area contributed by atoms with Gasteiger partial charge in [-0.05, 0) is 17.7 Å². The van der Waals surface area contributed by atoms with E-state index in [2.05, 4.69) is 11.2 Å². The smallest absolute Gasteiger partial charge is 0.248 e. The van der Waals surface area contributed by atoms with Crippen LogP contribution in [0.4, 0.5) is 0 Å². The van der Waals surface area contributed by atoms with Crippen LogP contribution in [0.2, 0.25) is 0 Å². The van der Waals surface area contributed by atoms with Gasteiger partial charge in [0.1, 0.15) is 0 Å². The van der Waals surface area contributed by atoms with Crippen LogP contribution < -0.4 is 0 Å². The Kier molecular flexibility index (Phi) is 3.39. The summed E-state index contributed by atoms with van der Waals surface area (Å²) in [6, 6.07) is 9.36. The number of benzene rings is 1. The zero-order chi connectivity index (χ0) is 14.0. The van der Waals surface area contributed by atoms with Crippen molar-refractivity contribution in [2.24, 2.45) is 10.5 Å². The number of hydrogen-bond donors (Lipinski definition) is 0. The standard InChI is InChI=1S/C15H17N3O/c1-15(2,3)14(19)18-13(8-9-17-18)12-6-4-11(10-16)5-7-12/h4-7,9,13H,8H2,1-3H3/t13-/m0/s1. The van der Waals surface area contributed by atoms with Crippen LogP contribution in [0.15, 0.2) is 29.4 Å². The van der Waals surface area contributed by atoms with Crippen molar-refractivity contribution in [3.05, 3.63) is 35.4 Å². The van der Waals surface area contributed by atoms with Crippen LogP contribution in [-0.2, 0) is 4.79 Å². The fraction of sp³-hybridized carbons (Fsp3) is 0.400.